The Balaban J connectivity index is 1.49. The fraction of sp³-hybridized carbons (Fsp3) is 0.353. The Kier molecular flexibility index (Phi) is 4.69. The van der Waals surface area contributed by atoms with Gasteiger partial charge in [-0.1, -0.05) is 0 Å². The lowest BCUT2D eigenvalue weighted by molar-refractivity contribution is 0.237. The average Bonchev–Trinajstić information content (AvgIpc) is 3.14. The van der Waals surface area contributed by atoms with Crippen LogP contribution in [0.1, 0.15) is 12.0 Å². The first kappa shape index (κ1) is 16.3. The number of nitrogens with zero attached hydrogens (tertiary/aromatic N) is 2. The molecule has 7 heteroatoms. The number of aryl methyl sites for hydroxylation is 1. The van der Waals surface area contributed by atoms with Crippen molar-refractivity contribution in [2.24, 2.45) is 7.05 Å². The topological polar surface area (TPSA) is 49.3 Å². The zero-order valence-electron chi connectivity index (χ0n) is 13.4. The third kappa shape index (κ3) is 3.84. The van der Waals surface area contributed by atoms with Gasteiger partial charge in [-0.05, 0) is 30.2 Å². The van der Waals surface area contributed by atoms with Gasteiger partial charge in [0.25, 0.3) is 0 Å². The average molecular weight is 334 g/mol. The highest BCUT2D eigenvalue weighted by Gasteiger charge is 2.25. The molecule has 1 atom stereocenters. The summed E-state index contributed by atoms with van der Waals surface area (Å²) in [7, 11) is 1.92. The van der Waals surface area contributed by atoms with Gasteiger partial charge in [-0.25, -0.2) is 13.6 Å². The molecule has 0 aliphatic carbocycles. The Morgan fingerprint density at radius 3 is 2.88 bits per heavy atom. The van der Waals surface area contributed by atoms with E-state index in [1.165, 1.54) is 12.1 Å². The van der Waals surface area contributed by atoms with Crippen molar-refractivity contribution in [1.29, 1.82) is 0 Å². The lowest BCUT2D eigenvalue weighted by Gasteiger charge is -2.19. The number of carbonyl (C=O) groups is 1. The van der Waals surface area contributed by atoms with Crippen LogP contribution in [0.4, 0.5) is 19.3 Å². The monoisotopic (exact) mass is 334 g/mol. The zero-order chi connectivity index (χ0) is 17.1. The number of hydrogen-bond acceptors (Lipinski definition) is 2. The van der Waals surface area contributed by atoms with E-state index < -0.39 is 11.6 Å². The van der Waals surface area contributed by atoms with Crippen molar-refractivity contribution < 1.29 is 13.6 Å². The van der Waals surface area contributed by atoms with E-state index in [4.69, 9.17) is 0 Å². The molecular weight excluding hydrogens is 314 g/mol. The van der Waals surface area contributed by atoms with Crippen LogP contribution < -0.4 is 15.5 Å². The van der Waals surface area contributed by atoms with Gasteiger partial charge in [-0.15, -0.1) is 0 Å². The smallest absolute Gasteiger partial charge is 0.315 e. The number of benzene rings is 1. The molecule has 2 amide bonds. The third-order valence-corrected chi connectivity index (χ3v) is 4.12. The molecule has 1 saturated heterocycles. The second-order valence-electron chi connectivity index (χ2n) is 6.04. The number of rotatable bonds is 4. The van der Waals surface area contributed by atoms with Gasteiger partial charge in [-0.2, -0.15) is 0 Å². The Morgan fingerprint density at radius 1 is 1.33 bits per heavy atom. The molecule has 1 fully saturated rings. The maximum atomic E-state index is 13.8. The molecule has 3 rings (SSSR count). The fourth-order valence-corrected chi connectivity index (χ4v) is 2.92. The van der Waals surface area contributed by atoms with Crippen LogP contribution in [0.15, 0.2) is 36.7 Å². The number of urea groups is 1. The Morgan fingerprint density at radius 2 is 2.17 bits per heavy atom. The molecule has 2 heterocycles. The molecular formula is C17H20F2N4O. The number of amides is 2. The van der Waals surface area contributed by atoms with Gasteiger partial charge in [-0.3, -0.25) is 0 Å². The zero-order valence-corrected chi connectivity index (χ0v) is 13.4. The van der Waals surface area contributed by atoms with Gasteiger partial charge in [0.15, 0.2) is 0 Å². The molecule has 0 bridgehead atoms. The third-order valence-electron chi connectivity index (χ3n) is 4.12. The molecule has 1 aliphatic heterocycles. The summed E-state index contributed by atoms with van der Waals surface area (Å²) in [5, 5.41) is 5.70. The molecule has 0 radical (unpaired) electrons. The lowest BCUT2D eigenvalue weighted by atomic mass is 10.2. The van der Waals surface area contributed by atoms with E-state index in [1.54, 1.807) is 0 Å². The van der Waals surface area contributed by atoms with Crippen molar-refractivity contribution in [3.05, 3.63) is 53.9 Å². The van der Waals surface area contributed by atoms with Crippen LogP contribution in [0.5, 0.6) is 0 Å². The van der Waals surface area contributed by atoms with E-state index in [9.17, 15) is 13.6 Å². The summed E-state index contributed by atoms with van der Waals surface area (Å²) in [6.07, 6.45) is 4.57. The summed E-state index contributed by atoms with van der Waals surface area (Å²) in [5.41, 5.74) is 1.39. The second-order valence-corrected chi connectivity index (χ2v) is 6.04. The van der Waals surface area contributed by atoms with E-state index in [0.717, 1.165) is 18.1 Å². The molecule has 1 aromatic carbocycles. The molecule has 0 spiro atoms. The quantitative estimate of drug-likeness (QED) is 0.902. The predicted molar refractivity (Wildman–Crippen MR) is 87.8 cm³/mol. The first-order chi connectivity index (χ1) is 11.5. The Labute approximate surface area is 139 Å². The van der Waals surface area contributed by atoms with E-state index >= 15 is 0 Å². The molecule has 1 unspecified atom stereocenters. The van der Waals surface area contributed by atoms with Crippen molar-refractivity contribution >= 4 is 11.7 Å². The van der Waals surface area contributed by atoms with Gasteiger partial charge >= 0.3 is 6.03 Å². The minimum absolute atomic E-state index is 0.0646. The van der Waals surface area contributed by atoms with E-state index in [2.05, 4.69) is 10.6 Å². The van der Waals surface area contributed by atoms with Crippen LogP contribution in [-0.4, -0.2) is 29.7 Å². The lowest BCUT2D eigenvalue weighted by Crippen LogP contribution is -2.43. The SMILES string of the molecule is Cn1ccc(CNC(=O)NC2CCN(c3ccc(F)cc3F)C2)c1. The minimum atomic E-state index is -0.592. The largest absolute Gasteiger partial charge is 0.367 e. The van der Waals surface area contributed by atoms with E-state index in [-0.39, 0.29) is 12.1 Å². The maximum Gasteiger partial charge on any atom is 0.315 e. The first-order valence-electron chi connectivity index (χ1n) is 7.86. The van der Waals surface area contributed by atoms with Crippen molar-refractivity contribution in [3.63, 3.8) is 0 Å². The molecule has 0 saturated carbocycles. The van der Waals surface area contributed by atoms with Crippen LogP contribution in [0, 0.1) is 11.6 Å². The van der Waals surface area contributed by atoms with E-state index in [1.807, 2.05) is 35.0 Å². The van der Waals surface area contributed by atoms with Gasteiger partial charge in [0.2, 0.25) is 0 Å². The van der Waals surface area contributed by atoms with Crippen LogP contribution in [0.25, 0.3) is 0 Å². The molecule has 24 heavy (non-hydrogen) atoms. The molecule has 2 aromatic rings. The summed E-state index contributed by atoms with van der Waals surface area (Å²) < 4.78 is 28.7. The number of anilines is 1. The van der Waals surface area contributed by atoms with Crippen molar-refractivity contribution in [2.45, 2.75) is 19.0 Å². The van der Waals surface area contributed by atoms with Gasteiger partial charge in [0.05, 0.1) is 5.69 Å². The number of aromatic nitrogens is 1. The molecule has 1 aromatic heterocycles. The summed E-state index contributed by atoms with van der Waals surface area (Å²) >= 11 is 0. The summed E-state index contributed by atoms with van der Waals surface area (Å²) in [6, 6.07) is 5.18. The highest BCUT2D eigenvalue weighted by Crippen LogP contribution is 2.24. The maximum absolute atomic E-state index is 13.8. The number of carbonyl (C=O) groups excluding carboxylic acids is 1. The second kappa shape index (κ2) is 6.90. The first-order valence-corrected chi connectivity index (χ1v) is 7.86. The van der Waals surface area contributed by atoms with Crippen molar-refractivity contribution in [1.82, 2.24) is 15.2 Å². The highest BCUT2D eigenvalue weighted by atomic mass is 19.1. The van der Waals surface area contributed by atoms with Crippen LogP contribution in [0.2, 0.25) is 0 Å². The summed E-state index contributed by atoms with van der Waals surface area (Å²) in [4.78, 5) is 13.8. The summed E-state index contributed by atoms with van der Waals surface area (Å²) in [5.74, 6) is -1.17. The van der Waals surface area contributed by atoms with Crippen LogP contribution >= 0.6 is 0 Å². The van der Waals surface area contributed by atoms with Crippen LogP contribution in [-0.2, 0) is 13.6 Å². The normalized spacial score (nSPS) is 17.1. The van der Waals surface area contributed by atoms with Crippen molar-refractivity contribution in [2.75, 3.05) is 18.0 Å². The van der Waals surface area contributed by atoms with Crippen molar-refractivity contribution in [3.8, 4) is 0 Å². The minimum Gasteiger partial charge on any atom is -0.367 e. The number of nitrogens with one attached hydrogen (secondary N) is 2. The molecule has 128 valence electrons. The van der Waals surface area contributed by atoms with Gasteiger partial charge in [0, 0.05) is 51.2 Å². The van der Waals surface area contributed by atoms with Gasteiger partial charge in [0.1, 0.15) is 11.6 Å². The molecule has 2 N–H and O–H groups in total. The Bertz CT molecular complexity index is 731. The Hall–Kier alpha value is -2.57. The standard InChI is InChI=1S/C17H20F2N4O/c1-22-6-4-12(10-22)9-20-17(24)21-14-5-7-23(11-14)16-3-2-13(18)8-15(16)19/h2-4,6,8,10,14H,5,7,9,11H2,1H3,(H2,20,21,24). The summed E-state index contributed by atoms with van der Waals surface area (Å²) in [6.45, 7) is 1.57. The van der Waals surface area contributed by atoms with E-state index in [0.29, 0.717) is 25.3 Å². The number of hydrogen-bond donors (Lipinski definition) is 2. The predicted octanol–water partition coefficient (Wildman–Crippen LogP) is 2.38. The number of halogens is 2. The van der Waals surface area contributed by atoms with Crippen LogP contribution in [0.3, 0.4) is 0 Å². The molecule has 5 nitrogen and oxygen atoms in total. The highest BCUT2D eigenvalue weighted by molar-refractivity contribution is 5.74. The van der Waals surface area contributed by atoms with Gasteiger partial charge < -0.3 is 20.1 Å². The molecule has 1 aliphatic rings. The fourth-order valence-electron chi connectivity index (χ4n) is 2.92.